The van der Waals surface area contributed by atoms with Crippen LogP contribution in [0.2, 0.25) is 0 Å². The normalized spacial score (nSPS) is 10.5. The molecule has 3 aromatic rings. The minimum absolute atomic E-state index is 0.171. The van der Waals surface area contributed by atoms with Crippen molar-refractivity contribution in [3.8, 4) is 17.0 Å². The zero-order valence-corrected chi connectivity index (χ0v) is 15.5. The molecule has 27 heavy (non-hydrogen) atoms. The van der Waals surface area contributed by atoms with Gasteiger partial charge in [0.25, 0.3) is 5.56 Å². The van der Waals surface area contributed by atoms with Crippen LogP contribution in [0.5, 0.6) is 5.75 Å². The zero-order chi connectivity index (χ0) is 19.4. The first-order valence-corrected chi connectivity index (χ1v) is 8.56. The minimum atomic E-state index is -0.343. The summed E-state index contributed by atoms with van der Waals surface area (Å²) in [4.78, 5) is 24.6. The summed E-state index contributed by atoms with van der Waals surface area (Å²) in [6.07, 6.45) is 0. The second-order valence-corrected chi connectivity index (χ2v) is 6.28. The molecule has 0 bridgehead atoms. The van der Waals surface area contributed by atoms with Crippen molar-refractivity contribution >= 4 is 11.6 Å². The van der Waals surface area contributed by atoms with Crippen LogP contribution >= 0.6 is 0 Å². The predicted molar refractivity (Wildman–Crippen MR) is 105 cm³/mol. The number of carbonyl (C=O) groups excluding carboxylic acids is 1. The molecule has 6 nitrogen and oxygen atoms in total. The molecule has 1 heterocycles. The summed E-state index contributed by atoms with van der Waals surface area (Å²) in [6, 6.07) is 16.2. The molecule has 1 amide bonds. The number of ether oxygens (including phenoxy) is 1. The van der Waals surface area contributed by atoms with E-state index in [0.29, 0.717) is 11.4 Å². The fourth-order valence-electron chi connectivity index (χ4n) is 2.76. The third kappa shape index (κ3) is 4.23. The monoisotopic (exact) mass is 363 g/mol. The highest BCUT2D eigenvalue weighted by Crippen LogP contribution is 2.27. The predicted octanol–water partition coefficient (Wildman–Crippen LogP) is 3.17. The zero-order valence-electron chi connectivity index (χ0n) is 15.5. The summed E-state index contributed by atoms with van der Waals surface area (Å²) >= 11 is 0. The number of nitrogens with one attached hydrogen (secondary N) is 1. The van der Waals surface area contributed by atoms with Crippen molar-refractivity contribution in [1.82, 2.24) is 9.78 Å². The van der Waals surface area contributed by atoms with Crippen molar-refractivity contribution in [3.63, 3.8) is 0 Å². The number of benzene rings is 2. The number of aryl methyl sites for hydroxylation is 2. The Bertz CT molecular complexity index is 1040. The Morgan fingerprint density at radius 3 is 2.67 bits per heavy atom. The standard InChI is InChI=1S/C21H21N3O3/c1-14-8-9-15(2)18(12-14)22-20(25)13-24-21(26)11-10-17(23-24)16-6-4-5-7-19(16)27-3/h4-12H,13H2,1-3H3,(H,22,25). The smallest absolute Gasteiger partial charge is 0.267 e. The quantitative estimate of drug-likeness (QED) is 0.756. The van der Waals surface area contributed by atoms with Gasteiger partial charge in [-0.3, -0.25) is 9.59 Å². The lowest BCUT2D eigenvalue weighted by atomic mass is 10.1. The maximum absolute atomic E-state index is 12.4. The Labute approximate surface area is 157 Å². The van der Waals surface area contributed by atoms with Gasteiger partial charge in [0.1, 0.15) is 12.3 Å². The Morgan fingerprint density at radius 2 is 1.89 bits per heavy atom. The molecule has 3 rings (SSSR count). The van der Waals surface area contributed by atoms with E-state index in [1.807, 2.05) is 56.3 Å². The summed E-state index contributed by atoms with van der Waals surface area (Å²) in [5.41, 5.74) is 3.70. The van der Waals surface area contributed by atoms with E-state index in [1.165, 1.54) is 6.07 Å². The maximum Gasteiger partial charge on any atom is 0.267 e. The first-order valence-electron chi connectivity index (χ1n) is 8.56. The molecule has 0 fully saturated rings. The lowest BCUT2D eigenvalue weighted by Crippen LogP contribution is -2.29. The summed E-state index contributed by atoms with van der Waals surface area (Å²) in [6.45, 7) is 3.70. The first-order chi connectivity index (χ1) is 13.0. The number of nitrogens with zero attached hydrogens (tertiary/aromatic N) is 2. The summed E-state index contributed by atoms with van der Waals surface area (Å²) in [5, 5.41) is 7.18. The van der Waals surface area contributed by atoms with E-state index in [4.69, 9.17) is 4.74 Å². The van der Waals surface area contributed by atoms with Gasteiger partial charge in [-0.2, -0.15) is 5.10 Å². The second kappa shape index (κ2) is 7.86. The molecule has 0 radical (unpaired) electrons. The average Bonchev–Trinajstić information content (AvgIpc) is 2.66. The molecule has 0 saturated carbocycles. The van der Waals surface area contributed by atoms with Crippen LogP contribution in [0.1, 0.15) is 11.1 Å². The molecule has 0 saturated heterocycles. The van der Waals surface area contributed by atoms with Crippen molar-refractivity contribution in [2.24, 2.45) is 0 Å². The van der Waals surface area contributed by atoms with E-state index in [9.17, 15) is 9.59 Å². The van der Waals surface area contributed by atoms with E-state index in [1.54, 1.807) is 13.2 Å². The summed E-state index contributed by atoms with van der Waals surface area (Å²) < 4.78 is 6.50. The topological polar surface area (TPSA) is 73.2 Å². The lowest BCUT2D eigenvalue weighted by Gasteiger charge is -2.12. The highest BCUT2D eigenvalue weighted by molar-refractivity contribution is 5.91. The van der Waals surface area contributed by atoms with Gasteiger partial charge in [-0.1, -0.05) is 24.3 Å². The van der Waals surface area contributed by atoms with E-state index < -0.39 is 0 Å². The van der Waals surface area contributed by atoms with Gasteiger partial charge in [0.15, 0.2) is 0 Å². The number of methoxy groups -OCH3 is 1. The van der Waals surface area contributed by atoms with Crippen LogP contribution in [0, 0.1) is 13.8 Å². The molecule has 0 spiro atoms. The number of amides is 1. The third-order valence-electron chi connectivity index (χ3n) is 4.21. The van der Waals surface area contributed by atoms with Crippen LogP contribution in [0.3, 0.4) is 0 Å². The Hall–Kier alpha value is -3.41. The van der Waals surface area contributed by atoms with E-state index in [0.717, 1.165) is 27.1 Å². The Balaban J connectivity index is 1.86. The fraction of sp³-hybridized carbons (Fsp3) is 0.190. The van der Waals surface area contributed by atoms with Crippen molar-refractivity contribution in [1.29, 1.82) is 0 Å². The molecule has 1 N–H and O–H groups in total. The van der Waals surface area contributed by atoms with Crippen molar-refractivity contribution < 1.29 is 9.53 Å². The van der Waals surface area contributed by atoms with E-state index in [2.05, 4.69) is 10.4 Å². The number of para-hydroxylation sites is 1. The maximum atomic E-state index is 12.4. The third-order valence-corrected chi connectivity index (χ3v) is 4.21. The first kappa shape index (κ1) is 18.4. The molecular formula is C21H21N3O3. The van der Waals surface area contributed by atoms with Crippen molar-refractivity contribution in [2.45, 2.75) is 20.4 Å². The SMILES string of the molecule is COc1ccccc1-c1ccc(=O)n(CC(=O)Nc2cc(C)ccc2C)n1. The second-order valence-electron chi connectivity index (χ2n) is 6.28. The van der Waals surface area contributed by atoms with Crippen molar-refractivity contribution in [3.05, 3.63) is 76.1 Å². The van der Waals surface area contributed by atoms with Crippen LogP contribution in [-0.4, -0.2) is 22.8 Å². The van der Waals surface area contributed by atoms with Gasteiger partial charge in [-0.15, -0.1) is 0 Å². The molecule has 0 aliphatic carbocycles. The number of aromatic nitrogens is 2. The molecule has 138 valence electrons. The number of carbonyl (C=O) groups is 1. The van der Waals surface area contributed by atoms with E-state index >= 15 is 0 Å². The fourth-order valence-corrected chi connectivity index (χ4v) is 2.76. The summed E-state index contributed by atoms with van der Waals surface area (Å²) in [7, 11) is 1.58. The van der Waals surface area contributed by atoms with Gasteiger partial charge < -0.3 is 10.1 Å². The van der Waals surface area contributed by atoms with Gasteiger partial charge in [0, 0.05) is 17.3 Å². The molecule has 0 aliphatic rings. The van der Waals surface area contributed by atoms with Crippen LogP contribution in [0.15, 0.2) is 59.4 Å². The summed E-state index contributed by atoms with van der Waals surface area (Å²) in [5.74, 6) is 0.338. The van der Waals surface area contributed by atoms with Gasteiger partial charge in [-0.05, 0) is 49.2 Å². The highest BCUT2D eigenvalue weighted by Gasteiger charge is 2.11. The lowest BCUT2D eigenvalue weighted by molar-refractivity contribution is -0.117. The molecule has 0 unspecified atom stereocenters. The molecule has 6 heteroatoms. The minimum Gasteiger partial charge on any atom is -0.496 e. The highest BCUT2D eigenvalue weighted by atomic mass is 16.5. The number of anilines is 1. The average molecular weight is 363 g/mol. The van der Waals surface area contributed by atoms with Gasteiger partial charge in [0.05, 0.1) is 12.8 Å². The van der Waals surface area contributed by atoms with Gasteiger partial charge in [-0.25, -0.2) is 4.68 Å². The van der Waals surface area contributed by atoms with Crippen LogP contribution in [-0.2, 0) is 11.3 Å². The van der Waals surface area contributed by atoms with E-state index in [-0.39, 0.29) is 18.0 Å². The van der Waals surface area contributed by atoms with Crippen molar-refractivity contribution in [2.75, 3.05) is 12.4 Å². The number of hydrogen-bond acceptors (Lipinski definition) is 4. The van der Waals surface area contributed by atoms with Gasteiger partial charge >= 0.3 is 0 Å². The van der Waals surface area contributed by atoms with Gasteiger partial charge in [0.2, 0.25) is 5.91 Å². The molecule has 1 aromatic heterocycles. The van der Waals surface area contributed by atoms with Crippen LogP contribution < -0.4 is 15.6 Å². The molecule has 0 atom stereocenters. The van der Waals surface area contributed by atoms with Crippen LogP contribution in [0.4, 0.5) is 5.69 Å². The Kier molecular flexibility index (Phi) is 5.35. The van der Waals surface area contributed by atoms with Crippen LogP contribution in [0.25, 0.3) is 11.3 Å². The molecule has 2 aromatic carbocycles. The molecule has 0 aliphatic heterocycles. The largest absolute Gasteiger partial charge is 0.496 e. The Morgan fingerprint density at radius 1 is 1.11 bits per heavy atom. The number of rotatable bonds is 5. The number of hydrogen-bond donors (Lipinski definition) is 1. The molecular weight excluding hydrogens is 342 g/mol.